The van der Waals surface area contributed by atoms with Crippen LogP contribution in [0.15, 0.2) is 66.7 Å². The van der Waals surface area contributed by atoms with Gasteiger partial charge in [-0.05, 0) is 47.5 Å². The molecule has 1 N–H and O–H groups in total. The summed E-state index contributed by atoms with van der Waals surface area (Å²) in [6, 6.07) is 21.2. The third kappa shape index (κ3) is 4.99. The van der Waals surface area contributed by atoms with Crippen LogP contribution in [0.25, 0.3) is 11.6 Å². The van der Waals surface area contributed by atoms with E-state index in [1.807, 2.05) is 12.1 Å². The normalized spacial score (nSPS) is 10.9. The van der Waals surface area contributed by atoms with Crippen molar-refractivity contribution >= 4 is 29.2 Å². The van der Waals surface area contributed by atoms with Gasteiger partial charge in [-0.2, -0.15) is 5.26 Å². The topological polar surface area (TPSA) is 79.5 Å². The lowest BCUT2D eigenvalue weighted by Gasteiger charge is -2.12. The van der Waals surface area contributed by atoms with Crippen LogP contribution in [0, 0.1) is 11.3 Å². The van der Waals surface area contributed by atoms with Crippen molar-refractivity contribution in [2.24, 2.45) is 0 Å². The maximum absolute atomic E-state index is 11.1. The van der Waals surface area contributed by atoms with Gasteiger partial charge < -0.3 is 14.6 Å². The van der Waals surface area contributed by atoms with Crippen molar-refractivity contribution in [1.29, 1.82) is 5.26 Å². The fourth-order valence-electron chi connectivity index (χ4n) is 2.86. The first kappa shape index (κ1) is 21.0. The van der Waals surface area contributed by atoms with Crippen molar-refractivity contribution in [2.75, 3.05) is 7.11 Å². The number of benzene rings is 3. The van der Waals surface area contributed by atoms with Crippen LogP contribution in [-0.2, 0) is 6.61 Å². The first-order valence-corrected chi connectivity index (χ1v) is 9.39. The Hall–Kier alpha value is -3.75. The molecule has 150 valence electrons. The van der Waals surface area contributed by atoms with Crippen molar-refractivity contribution in [3.8, 4) is 17.6 Å². The number of carboxylic acid groups (broad SMARTS) is 1. The van der Waals surface area contributed by atoms with Crippen molar-refractivity contribution in [3.05, 3.63) is 94.0 Å². The van der Waals surface area contributed by atoms with E-state index in [1.54, 1.807) is 54.6 Å². The predicted octanol–water partition coefficient (Wildman–Crippen LogP) is 5.69. The highest BCUT2D eigenvalue weighted by Crippen LogP contribution is 2.31. The Kier molecular flexibility index (Phi) is 6.74. The zero-order valence-corrected chi connectivity index (χ0v) is 16.9. The van der Waals surface area contributed by atoms with Gasteiger partial charge in [-0.1, -0.05) is 48.0 Å². The second-order valence-corrected chi connectivity index (χ2v) is 6.76. The summed E-state index contributed by atoms with van der Waals surface area (Å²) in [6.45, 7) is 0.190. The molecule has 30 heavy (non-hydrogen) atoms. The molecule has 3 aromatic rings. The molecular formula is C24H18ClNO4. The van der Waals surface area contributed by atoms with Crippen molar-refractivity contribution < 1.29 is 19.4 Å². The summed E-state index contributed by atoms with van der Waals surface area (Å²) in [5, 5.41) is 19.1. The Morgan fingerprint density at radius 2 is 1.90 bits per heavy atom. The van der Waals surface area contributed by atoms with Crippen LogP contribution in [0.2, 0.25) is 5.02 Å². The Balaban J connectivity index is 1.83. The number of carboxylic acids is 1. The van der Waals surface area contributed by atoms with E-state index >= 15 is 0 Å². The summed E-state index contributed by atoms with van der Waals surface area (Å²) in [5.74, 6) is 0.0126. The second-order valence-electron chi connectivity index (χ2n) is 6.35. The zero-order valence-electron chi connectivity index (χ0n) is 16.1. The quantitative estimate of drug-likeness (QED) is 0.393. The van der Waals surface area contributed by atoms with E-state index in [1.165, 1.54) is 13.2 Å². The number of nitriles is 1. The van der Waals surface area contributed by atoms with Crippen LogP contribution in [0.5, 0.6) is 11.5 Å². The number of hydrogen-bond donors (Lipinski definition) is 1. The summed E-state index contributed by atoms with van der Waals surface area (Å²) < 4.78 is 11.2. The van der Waals surface area contributed by atoms with E-state index in [0.29, 0.717) is 27.7 Å². The highest BCUT2D eigenvalue weighted by atomic mass is 35.5. The molecule has 0 heterocycles. The summed E-state index contributed by atoms with van der Waals surface area (Å²) in [7, 11) is 1.53. The lowest BCUT2D eigenvalue weighted by molar-refractivity contribution is 0.0696. The number of methoxy groups -OCH3 is 1. The predicted molar refractivity (Wildman–Crippen MR) is 116 cm³/mol. The second kappa shape index (κ2) is 9.64. The smallest absolute Gasteiger partial charge is 0.335 e. The minimum Gasteiger partial charge on any atom is -0.493 e. The molecule has 0 aliphatic heterocycles. The van der Waals surface area contributed by atoms with E-state index in [9.17, 15) is 10.1 Å². The highest BCUT2D eigenvalue weighted by molar-refractivity contribution is 6.32. The molecule has 0 unspecified atom stereocenters. The fraction of sp³-hybridized carbons (Fsp3) is 0.0833. The maximum Gasteiger partial charge on any atom is 0.335 e. The summed E-state index contributed by atoms with van der Waals surface area (Å²) in [4.78, 5) is 11.1. The first-order chi connectivity index (χ1) is 14.5. The maximum atomic E-state index is 11.1. The third-order valence-corrected chi connectivity index (χ3v) is 4.68. The Morgan fingerprint density at radius 3 is 2.60 bits per heavy atom. The molecule has 5 nitrogen and oxygen atoms in total. The van der Waals surface area contributed by atoms with E-state index in [4.69, 9.17) is 26.2 Å². The minimum absolute atomic E-state index is 0.190. The molecule has 0 amide bonds. The number of ether oxygens (including phenoxy) is 2. The van der Waals surface area contributed by atoms with Gasteiger partial charge in [0.15, 0.2) is 11.5 Å². The van der Waals surface area contributed by atoms with Gasteiger partial charge in [0.05, 0.1) is 24.3 Å². The number of halogens is 1. The largest absolute Gasteiger partial charge is 0.493 e. The van der Waals surface area contributed by atoms with Crippen LogP contribution >= 0.6 is 11.6 Å². The molecule has 3 aromatic carbocycles. The van der Waals surface area contributed by atoms with E-state index in [-0.39, 0.29) is 12.2 Å². The molecule has 6 heteroatoms. The van der Waals surface area contributed by atoms with E-state index in [0.717, 1.165) is 11.1 Å². The van der Waals surface area contributed by atoms with Gasteiger partial charge in [0.25, 0.3) is 0 Å². The molecule has 0 bridgehead atoms. The summed E-state index contributed by atoms with van der Waals surface area (Å²) in [6.07, 6.45) is 1.73. The zero-order chi connectivity index (χ0) is 21.5. The number of nitrogens with zero attached hydrogens (tertiary/aromatic N) is 1. The molecule has 0 saturated heterocycles. The van der Waals surface area contributed by atoms with Gasteiger partial charge in [-0.15, -0.1) is 0 Å². The van der Waals surface area contributed by atoms with Gasteiger partial charge in [0.1, 0.15) is 6.61 Å². The number of rotatable bonds is 7. The highest BCUT2D eigenvalue weighted by Gasteiger charge is 2.10. The lowest BCUT2D eigenvalue weighted by atomic mass is 10.0. The average molecular weight is 420 g/mol. The van der Waals surface area contributed by atoms with Crippen LogP contribution in [0.3, 0.4) is 0 Å². The van der Waals surface area contributed by atoms with Crippen LogP contribution in [0.1, 0.15) is 27.0 Å². The first-order valence-electron chi connectivity index (χ1n) is 9.01. The lowest BCUT2D eigenvalue weighted by Crippen LogP contribution is -2.01. The number of hydrogen-bond acceptors (Lipinski definition) is 4. The molecule has 0 fully saturated rings. The Labute approximate surface area is 179 Å². The molecule has 0 aliphatic rings. The number of carbonyl (C=O) groups is 1. The minimum atomic E-state index is -0.989. The third-order valence-electron chi connectivity index (χ3n) is 4.35. The van der Waals surface area contributed by atoms with Gasteiger partial charge in [-0.25, -0.2) is 4.79 Å². The molecule has 0 radical (unpaired) electrons. The van der Waals surface area contributed by atoms with Gasteiger partial charge >= 0.3 is 5.97 Å². The van der Waals surface area contributed by atoms with Gasteiger partial charge in [0.2, 0.25) is 0 Å². The van der Waals surface area contributed by atoms with Gasteiger partial charge in [0, 0.05) is 10.6 Å². The molecule has 0 spiro atoms. The van der Waals surface area contributed by atoms with Crippen molar-refractivity contribution in [3.63, 3.8) is 0 Å². The summed E-state index contributed by atoms with van der Waals surface area (Å²) in [5.41, 5.74) is 2.77. The number of aromatic carboxylic acids is 1. The Morgan fingerprint density at radius 1 is 1.10 bits per heavy atom. The van der Waals surface area contributed by atoms with Crippen LogP contribution in [0.4, 0.5) is 0 Å². The van der Waals surface area contributed by atoms with Crippen LogP contribution in [-0.4, -0.2) is 18.2 Å². The van der Waals surface area contributed by atoms with Crippen LogP contribution < -0.4 is 9.47 Å². The number of allylic oxidation sites excluding steroid dienone is 1. The molecule has 0 aliphatic carbocycles. The fourth-order valence-corrected chi connectivity index (χ4v) is 3.10. The molecule has 0 atom stereocenters. The average Bonchev–Trinajstić information content (AvgIpc) is 2.77. The van der Waals surface area contributed by atoms with E-state index < -0.39 is 5.97 Å². The monoisotopic (exact) mass is 419 g/mol. The van der Waals surface area contributed by atoms with Crippen molar-refractivity contribution in [2.45, 2.75) is 6.61 Å². The summed E-state index contributed by atoms with van der Waals surface area (Å²) >= 11 is 6.20. The Bertz CT molecular complexity index is 1150. The molecule has 3 rings (SSSR count). The van der Waals surface area contributed by atoms with Gasteiger partial charge in [-0.3, -0.25) is 0 Å². The SMILES string of the molecule is COc1cc(C=C(C#N)c2ccccc2Cl)ccc1OCc1cccc(C(=O)O)c1. The molecule has 0 saturated carbocycles. The molecule has 0 aromatic heterocycles. The van der Waals surface area contributed by atoms with Crippen molar-refractivity contribution in [1.82, 2.24) is 0 Å². The van der Waals surface area contributed by atoms with E-state index in [2.05, 4.69) is 6.07 Å². The standard InChI is InChI=1S/C24H18ClNO4/c1-29-23-13-16(11-19(14-26)20-7-2-3-8-21(20)25)9-10-22(23)30-15-17-5-4-6-18(12-17)24(27)28/h2-13H,15H2,1H3,(H,27,28). The molecular weight excluding hydrogens is 402 g/mol.